The van der Waals surface area contributed by atoms with E-state index in [1.54, 1.807) is 23.9 Å². The summed E-state index contributed by atoms with van der Waals surface area (Å²) in [5.41, 5.74) is 3.17. The highest BCUT2D eigenvalue weighted by atomic mass is 35.5. The Labute approximate surface area is 223 Å². The van der Waals surface area contributed by atoms with Gasteiger partial charge in [-0.3, -0.25) is 19.7 Å². The van der Waals surface area contributed by atoms with Crippen molar-refractivity contribution in [3.05, 3.63) is 107 Å². The second kappa shape index (κ2) is 15.2. The fourth-order valence-electron chi connectivity index (χ4n) is 3.54. The first-order valence-electron chi connectivity index (χ1n) is 10.6. The van der Waals surface area contributed by atoms with Gasteiger partial charge >= 0.3 is 0 Å². The number of benzene rings is 1. The zero-order valence-electron chi connectivity index (χ0n) is 19.3. The van der Waals surface area contributed by atoms with E-state index in [4.69, 9.17) is 4.74 Å². The van der Waals surface area contributed by atoms with E-state index in [2.05, 4.69) is 27.0 Å². The van der Waals surface area contributed by atoms with Gasteiger partial charge in [0.15, 0.2) is 0 Å². The van der Waals surface area contributed by atoms with Gasteiger partial charge in [-0.2, -0.15) is 0 Å². The van der Waals surface area contributed by atoms with Crippen molar-refractivity contribution in [1.29, 1.82) is 0 Å². The Hall–Kier alpha value is -2.90. The Kier molecular flexibility index (Phi) is 13.1. The fourth-order valence-corrected chi connectivity index (χ4v) is 3.54. The highest BCUT2D eigenvalue weighted by Crippen LogP contribution is 2.19. The Morgan fingerprint density at radius 3 is 2.51 bits per heavy atom. The second-order valence-electron chi connectivity index (χ2n) is 7.58. The van der Waals surface area contributed by atoms with E-state index in [1.165, 1.54) is 5.56 Å². The maximum Gasteiger partial charge on any atom is 0.250 e. The summed E-state index contributed by atoms with van der Waals surface area (Å²) in [7, 11) is 1.78. The van der Waals surface area contributed by atoms with Crippen molar-refractivity contribution in [3.63, 3.8) is 0 Å². The van der Waals surface area contributed by atoms with E-state index in [0.29, 0.717) is 6.61 Å². The molecule has 0 bridgehead atoms. The zero-order valence-corrected chi connectivity index (χ0v) is 21.8. The fraction of sp³-hybridized carbons (Fsp3) is 0.192. The molecule has 0 N–H and O–H groups in total. The molecule has 0 saturated heterocycles. The third-order valence-corrected chi connectivity index (χ3v) is 5.29. The molecule has 186 valence electrons. The quantitative estimate of drug-likeness (QED) is 0.295. The molecule has 9 heteroatoms. The van der Waals surface area contributed by atoms with Gasteiger partial charge < -0.3 is 9.30 Å². The van der Waals surface area contributed by atoms with Gasteiger partial charge in [0.1, 0.15) is 12.4 Å². The SMILES string of the molecule is Cl.Cl.Cl.Cn1c(=O)ccc2cc(OCCN(CC=Cc3cccnc3)Cc3ccncc3)ccc21. The van der Waals surface area contributed by atoms with Crippen LogP contribution in [0.25, 0.3) is 17.0 Å². The molecule has 3 heterocycles. The minimum atomic E-state index is -0.0164. The predicted molar refractivity (Wildman–Crippen MR) is 149 cm³/mol. The molecule has 0 amide bonds. The third-order valence-electron chi connectivity index (χ3n) is 5.29. The molecule has 0 radical (unpaired) electrons. The average molecular weight is 536 g/mol. The lowest BCUT2D eigenvalue weighted by Gasteiger charge is -2.21. The summed E-state index contributed by atoms with van der Waals surface area (Å²) in [6.45, 7) is 2.93. The molecule has 0 aliphatic heterocycles. The van der Waals surface area contributed by atoms with Crippen molar-refractivity contribution in [1.82, 2.24) is 19.4 Å². The van der Waals surface area contributed by atoms with Crippen LogP contribution in [-0.4, -0.2) is 39.1 Å². The van der Waals surface area contributed by atoms with Gasteiger partial charge in [-0.25, -0.2) is 0 Å². The van der Waals surface area contributed by atoms with Gasteiger partial charge in [0.25, 0.3) is 5.56 Å². The zero-order chi connectivity index (χ0) is 22.2. The van der Waals surface area contributed by atoms with Gasteiger partial charge in [0.2, 0.25) is 0 Å². The first-order valence-corrected chi connectivity index (χ1v) is 10.6. The largest absolute Gasteiger partial charge is 0.492 e. The van der Waals surface area contributed by atoms with E-state index in [0.717, 1.165) is 41.9 Å². The van der Waals surface area contributed by atoms with Gasteiger partial charge in [0, 0.05) is 62.9 Å². The molecule has 0 unspecified atom stereocenters. The van der Waals surface area contributed by atoms with Crippen molar-refractivity contribution in [2.45, 2.75) is 6.54 Å². The number of aryl methyl sites for hydroxylation is 1. The Morgan fingerprint density at radius 1 is 0.971 bits per heavy atom. The van der Waals surface area contributed by atoms with Crippen molar-refractivity contribution in [2.75, 3.05) is 19.7 Å². The van der Waals surface area contributed by atoms with Crippen LogP contribution in [0.5, 0.6) is 5.75 Å². The minimum Gasteiger partial charge on any atom is -0.492 e. The second-order valence-corrected chi connectivity index (χ2v) is 7.58. The summed E-state index contributed by atoms with van der Waals surface area (Å²) in [5.74, 6) is 0.797. The molecule has 0 spiro atoms. The average Bonchev–Trinajstić information content (AvgIpc) is 2.83. The van der Waals surface area contributed by atoms with Gasteiger partial charge in [-0.05, 0) is 53.6 Å². The summed E-state index contributed by atoms with van der Waals surface area (Å²) in [6.07, 6.45) is 11.5. The summed E-state index contributed by atoms with van der Waals surface area (Å²) < 4.78 is 7.68. The number of rotatable bonds is 9. The minimum absolute atomic E-state index is 0. The van der Waals surface area contributed by atoms with Gasteiger partial charge in [-0.15, -0.1) is 37.2 Å². The first kappa shape index (κ1) is 30.1. The van der Waals surface area contributed by atoms with E-state index in [9.17, 15) is 4.79 Å². The number of halogens is 3. The number of nitrogens with zero attached hydrogens (tertiary/aromatic N) is 4. The van der Waals surface area contributed by atoms with E-state index >= 15 is 0 Å². The topological polar surface area (TPSA) is 60.2 Å². The van der Waals surface area contributed by atoms with Crippen molar-refractivity contribution >= 4 is 54.2 Å². The summed E-state index contributed by atoms with van der Waals surface area (Å²) in [5, 5.41) is 0.984. The highest BCUT2D eigenvalue weighted by molar-refractivity contribution is 5.86. The molecule has 6 nitrogen and oxygen atoms in total. The van der Waals surface area contributed by atoms with E-state index < -0.39 is 0 Å². The predicted octanol–water partition coefficient (Wildman–Crippen LogP) is 5.19. The molecule has 4 aromatic rings. The molecule has 0 aliphatic carbocycles. The third kappa shape index (κ3) is 8.67. The van der Waals surface area contributed by atoms with Crippen LogP contribution in [-0.2, 0) is 13.6 Å². The highest BCUT2D eigenvalue weighted by Gasteiger charge is 2.06. The smallest absolute Gasteiger partial charge is 0.250 e. The molecule has 0 aliphatic rings. The van der Waals surface area contributed by atoms with Crippen LogP contribution in [0.4, 0.5) is 0 Å². The van der Waals surface area contributed by atoms with Crippen LogP contribution in [0.15, 0.2) is 90.3 Å². The normalized spacial score (nSPS) is 10.5. The molecule has 1 aromatic carbocycles. The molecule has 0 atom stereocenters. The monoisotopic (exact) mass is 534 g/mol. The van der Waals surface area contributed by atoms with E-state index in [1.807, 2.05) is 67.1 Å². The van der Waals surface area contributed by atoms with Crippen molar-refractivity contribution in [3.8, 4) is 5.75 Å². The van der Waals surface area contributed by atoms with Crippen LogP contribution in [0.1, 0.15) is 11.1 Å². The molecular formula is C26H29Cl3N4O2. The Morgan fingerprint density at radius 2 is 1.77 bits per heavy atom. The van der Waals surface area contributed by atoms with E-state index in [-0.39, 0.29) is 42.8 Å². The number of hydrogen-bond acceptors (Lipinski definition) is 5. The lowest BCUT2D eigenvalue weighted by molar-refractivity contribution is 0.217. The molecule has 4 rings (SSSR count). The maximum atomic E-state index is 11.8. The van der Waals surface area contributed by atoms with Crippen molar-refractivity contribution < 1.29 is 4.74 Å². The summed E-state index contributed by atoms with van der Waals surface area (Å²) in [6, 6.07) is 17.3. The lowest BCUT2D eigenvalue weighted by atomic mass is 10.2. The number of ether oxygens (including phenoxy) is 1. The number of hydrogen-bond donors (Lipinski definition) is 0. The van der Waals surface area contributed by atoms with Crippen molar-refractivity contribution in [2.24, 2.45) is 7.05 Å². The van der Waals surface area contributed by atoms with Crippen LogP contribution in [0.2, 0.25) is 0 Å². The van der Waals surface area contributed by atoms with Crippen LogP contribution >= 0.6 is 37.2 Å². The standard InChI is InChI=1S/C26H26N4O2.3ClH/c1-29-25-8-7-24(18-23(25)6-9-26(29)31)32-17-16-30(20-22-10-13-27-14-11-22)15-3-5-21-4-2-12-28-19-21;;;/h2-14,18-19H,15-17,20H2,1H3;3*1H. The summed E-state index contributed by atoms with van der Waals surface area (Å²) >= 11 is 0. The molecule has 0 saturated carbocycles. The Balaban J connectivity index is 0.00000204. The Bertz CT molecular complexity index is 1250. The van der Waals surface area contributed by atoms with Crippen LogP contribution in [0.3, 0.4) is 0 Å². The summed E-state index contributed by atoms with van der Waals surface area (Å²) in [4.78, 5) is 22.4. The maximum absolute atomic E-state index is 11.8. The first-order chi connectivity index (χ1) is 15.7. The molecule has 3 aromatic heterocycles. The lowest BCUT2D eigenvalue weighted by Crippen LogP contribution is -2.28. The number of pyridine rings is 3. The number of fused-ring (bicyclic) bond motifs is 1. The van der Waals surface area contributed by atoms with Crippen LogP contribution in [0, 0.1) is 0 Å². The number of aromatic nitrogens is 3. The van der Waals surface area contributed by atoms with Gasteiger partial charge in [0.05, 0.1) is 5.52 Å². The van der Waals surface area contributed by atoms with Gasteiger partial charge in [-0.1, -0.05) is 18.2 Å². The molecule has 35 heavy (non-hydrogen) atoms. The van der Waals surface area contributed by atoms with Crippen LogP contribution < -0.4 is 10.3 Å². The molecule has 0 fully saturated rings. The molecular weight excluding hydrogens is 507 g/mol.